The molecule has 710 valence electrons. The van der Waals surface area contributed by atoms with Crippen LogP contribution in [0.25, 0.3) is 0 Å². The number of esters is 5. The van der Waals surface area contributed by atoms with E-state index in [1.807, 2.05) is 194 Å². The number of hydrogen-bond donors (Lipinski definition) is 0. The number of benzene rings is 10. The predicted molar refractivity (Wildman–Crippen MR) is 530 cm³/mol. The quantitative estimate of drug-likeness (QED) is 0.0115. The fraction of sp³-hybridized carbons (Fsp3) is 0.272. The molecule has 0 fully saturated rings. The molecule has 5 unspecified atom stereocenters. The lowest BCUT2D eigenvalue weighted by Gasteiger charge is -2.25. The van der Waals surface area contributed by atoms with Crippen molar-refractivity contribution in [3.63, 3.8) is 0 Å². The number of halogens is 12. The highest BCUT2D eigenvalue weighted by Gasteiger charge is 2.48. The first-order valence-corrected chi connectivity index (χ1v) is 44.8. The molecule has 0 N–H and O–H groups in total. The second-order valence-electron chi connectivity index (χ2n) is 29.2. The van der Waals surface area contributed by atoms with Crippen LogP contribution < -0.4 is 0 Å². The third kappa shape index (κ3) is 44.8. The minimum atomic E-state index is -4.44. The van der Waals surface area contributed by atoms with Gasteiger partial charge < -0.3 is 23.7 Å². The normalized spacial score (nSPS) is 13.1. The summed E-state index contributed by atoms with van der Waals surface area (Å²) < 4.78 is 129. The van der Waals surface area contributed by atoms with E-state index in [2.05, 4.69) is 86.5 Å². The van der Waals surface area contributed by atoms with Gasteiger partial charge in [0.25, 0.3) is 6.43 Å². The molecule has 0 bridgehead atoms. The molecule has 20 nitrogen and oxygen atoms in total. The number of rotatable bonds is 41. The highest BCUT2D eigenvalue weighted by Crippen LogP contribution is 2.32. The Hall–Kier alpha value is -12.8. The van der Waals surface area contributed by atoms with E-state index in [9.17, 15) is 59.1 Å². The first-order valence-electron chi connectivity index (χ1n) is 42.5. The molecule has 135 heavy (non-hydrogen) atoms. The van der Waals surface area contributed by atoms with Gasteiger partial charge in [-0.25, -0.2) is 32.8 Å². The smallest absolute Gasteiger partial charge is 0.416 e. The van der Waals surface area contributed by atoms with Crippen LogP contribution in [0.1, 0.15) is 131 Å². The Kier molecular flexibility index (Phi) is 51.5. The second-order valence-corrected chi connectivity index (χ2v) is 31.9. The van der Waals surface area contributed by atoms with E-state index >= 15 is 0 Å². The lowest BCUT2D eigenvalue weighted by atomic mass is 9.94. The number of ether oxygens (including phenoxy) is 5. The van der Waals surface area contributed by atoms with Gasteiger partial charge in [-0.15, -0.1) is 0 Å². The zero-order valence-electron chi connectivity index (χ0n) is 74.8. The number of hydrogen-bond acceptors (Lipinski definition) is 20. The third-order valence-corrected chi connectivity index (χ3v) is 20.7. The van der Waals surface area contributed by atoms with Gasteiger partial charge in [-0.3, -0.25) is 49.9 Å². The summed E-state index contributed by atoms with van der Waals surface area (Å²) in [5.74, 6) is -2.63. The Morgan fingerprint density at radius 1 is 0.304 bits per heavy atom. The molecule has 0 spiro atoms. The number of alkyl halides is 8. The van der Waals surface area contributed by atoms with Crippen molar-refractivity contribution in [1.29, 1.82) is 0 Å². The van der Waals surface area contributed by atoms with Crippen molar-refractivity contribution >= 4 is 147 Å². The van der Waals surface area contributed by atoms with E-state index in [0.717, 1.165) is 98.5 Å². The minimum absolute atomic E-state index is 0.160. The molecule has 0 aliphatic carbocycles. The van der Waals surface area contributed by atoms with E-state index in [1.165, 1.54) is 71.3 Å². The van der Waals surface area contributed by atoms with E-state index in [-0.39, 0.29) is 37.2 Å². The lowest BCUT2D eigenvalue weighted by Crippen LogP contribution is -2.45. The molecule has 0 radical (unpaired) electrons. The topological polar surface area (TPSA) is 255 Å². The van der Waals surface area contributed by atoms with Gasteiger partial charge in [0.1, 0.15) is 24.2 Å². The number of aliphatic imine (C=N–C) groups is 10. The van der Waals surface area contributed by atoms with Crippen molar-refractivity contribution in [2.75, 3.05) is 68.3 Å². The number of methoxy groups -OCH3 is 5. The van der Waals surface area contributed by atoms with Gasteiger partial charge in [0.15, 0.2) is 0 Å². The largest absolute Gasteiger partial charge is 0.467 e. The summed E-state index contributed by atoms with van der Waals surface area (Å²) in [7, 11) is 6.43. The van der Waals surface area contributed by atoms with Gasteiger partial charge in [0.2, 0.25) is 5.54 Å². The van der Waals surface area contributed by atoms with Gasteiger partial charge in [-0.05, 0) is 193 Å². The van der Waals surface area contributed by atoms with Gasteiger partial charge in [-0.1, -0.05) is 249 Å². The third-order valence-electron chi connectivity index (χ3n) is 19.1. The summed E-state index contributed by atoms with van der Waals surface area (Å²) in [6.45, 7) is 2.50. The van der Waals surface area contributed by atoms with E-state index < -0.39 is 71.5 Å². The fourth-order valence-electron chi connectivity index (χ4n) is 11.8. The van der Waals surface area contributed by atoms with Crippen molar-refractivity contribution in [2.45, 2.75) is 113 Å². The van der Waals surface area contributed by atoms with Crippen LogP contribution in [-0.4, -0.2) is 196 Å². The Morgan fingerprint density at radius 3 is 0.770 bits per heavy atom. The number of carbonyl (C=O) groups excluding carboxylic acids is 5. The van der Waals surface area contributed by atoms with Crippen molar-refractivity contribution in [3.8, 4) is 0 Å². The van der Waals surface area contributed by atoms with Gasteiger partial charge in [0.05, 0.1) is 46.7 Å². The minimum Gasteiger partial charge on any atom is -0.467 e. The van der Waals surface area contributed by atoms with Crippen LogP contribution in [0.4, 0.5) is 35.1 Å². The molecule has 0 saturated carbocycles. The molecule has 32 heteroatoms. The molecular weight excluding hydrogens is 1920 g/mol. The molecule has 0 aliphatic rings. The maximum absolute atomic E-state index is 13.8. The summed E-state index contributed by atoms with van der Waals surface area (Å²) >= 11 is 18.5. The van der Waals surface area contributed by atoms with Crippen LogP contribution in [0.2, 0.25) is 10.0 Å². The zero-order chi connectivity index (χ0) is 97.9. The highest BCUT2D eigenvalue weighted by molar-refractivity contribution is 9.10. The van der Waals surface area contributed by atoms with E-state index in [0.29, 0.717) is 85.1 Å². The van der Waals surface area contributed by atoms with Crippen LogP contribution in [-0.2, 0) is 60.0 Å². The van der Waals surface area contributed by atoms with Gasteiger partial charge in [-0.2, -0.15) is 26.3 Å². The molecule has 10 aromatic rings. The standard InChI is InChI=1S/C22H20F6N2O2.C21H22F2N2O2.C20H20Br2N2O2.C20H20Cl2N2O2.C20H22N2O2/c1-32-20(31)19(30-14-16-6-10-18(11-7-16)22(26,27)28)3-2-12-29-13-15-4-8-17(9-5-15)21(23,24)25;1-27-20(26)21(19(22)23,25-16-18-11-6-3-7-12-18)13-8-14-24-15-17-9-4-2-5-10-17;2*1-26-20(25)19(24-14-16-6-10-18(22)11-7-16)3-2-12-23-13-15-4-8-17(21)9-5-15;1-24-20(23)19(22-16-18-11-6-3-7-12-18)13-8-14-21-15-17-9-4-2-5-10-17/h4-11,13-14,19H,2-3,12H2,1H3;2-7,9-12,15-16,19H,8,13-14H2,1H3;2*4-11,13-14,19H,2-3,12H2,1H3;2-7,9-12,15-16,19H,8,13-14H2,1H3. The van der Waals surface area contributed by atoms with Gasteiger partial charge >= 0.3 is 42.2 Å². The zero-order valence-corrected chi connectivity index (χ0v) is 79.4. The Bertz CT molecular complexity index is 5330. The summed E-state index contributed by atoms with van der Waals surface area (Å²) in [5, 5.41) is 1.35. The van der Waals surface area contributed by atoms with Crippen LogP contribution in [0, 0.1) is 0 Å². The summed E-state index contributed by atoms with van der Waals surface area (Å²) in [6.07, 6.45) is 9.27. The van der Waals surface area contributed by atoms with E-state index in [1.54, 1.807) is 67.5 Å². The highest BCUT2D eigenvalue weighted by atomic mass is 79.9. The van der Waals surface area contributed by atoms with Crippen LogP contribution in [0.15, 0.2) is 326 Å². The molecule has 0 saturated heterocycles. The molecule has 0 aromatic heterocycles. The Morgan fingerprint density at radius 2 is 0.526 bits per heavy atom. The molecule has 10 rings (SSSR count). The fourth-order valence-corrected chi connectivity index (χ4v) is 12.5. The molecule has 0 heterocycles. The van der Waals surface area contributed by atoms with Gasteiger partial charge in [0, 0.05) is 114 Å². The molecule has 0 amide bonds. The maximum Gasteiger partial charge on any atom is 0.416 e. The monoisotopic (exact) mass is 2020 g/mol. The summed E-state index contributed by atoms with van der Waals surface area (Å²) in [5.41, 5.74) is 4.58. The molecule has 5 atom stereocenters. The molecule has 0 aliphatic heterocycles. The van der Waals surface area contributed by atoms with Crippen LogP contribution in [0.3, 0.4) is 0 Å². The van der Waals surface area contributed by atoms with Crippen molar-refractivity contribution in [2.24, 2.45) is 49.9 Å². The molecule has 10 aromatic carbocycles. The van der Waals surface area contributed by atoms with Crippen molar-refractivity contribution in [3.05, 3.63) is 353 Å². The summed E-state index contributed by atoms with van der Waals surface area (Å²) in [6, 6.07) is 74.8. The van der Waals surface area contributed by atoms with Crippen LogP contribution in [0.5, 0.6) is 0 Å². The van der Waals surface area contributed by atoms with Crippen LogP contribution >= 0.6 is 55.1 Å². The molecular formula is C103H104Br2Cl2F8N10O10. The predicted octanol–water partition coefficient (Wildman–Crippen LogP) is 23.2. The maximum atomic E-state index is 13.8. The van der Waals surface area contributed by atoms with Crippen molar-refractivity contribution < 1.29 is 82.8 Å². The number of nitrogens with zero attached hydrogens (tertiary/aromatic N) is 10. The Balaban J connectivity index is 0.000000260. The summed E-state index contributed by atoms with van der Waals surface area (Å²) in [4.78, 5) is 102. The SMILES string of the molecule is COC(=O)C(CCCN=Cc1ccc(Br)cc1)N=Cc1ccc(Br)cc1.COC(=O)C(CCCN=Cc1ccc(C(F)(F)F)cc1)N=Cc1ccc(C(F)(F)F)cc1.COC(=O)C(CCCN=Cc1ccc(Cl)cc1)N=Cc1ccc(Cl)cc1.COC(=O)C(CCCN=Cc1ccccc1)(N=Cc1ccccc1)C(F)F.COC(=O)C(CCCN=Cc1ccccc1)N=Cc1ccccc1. The average molecular weight is 2020 g/mol. The van der Waals surface area contributed by atoms with Crippen molar-refractivity contribution in [1.82, 2.24) is 0 Å². The van der Waals surface area contributed by atoms with E-state index in [4.69, 9.17) is 42.1 Å². The average Bonchev–Trinajstić information content (AvgIpc) is 0.835. The number of carbonyl (C=O) groups is 5. The Labute approximate surface area is 808 Å². The lowest BCUT2D eigenvalue weighted by molar-refractivity contribution is -0.153. The first-order chi connectivity index (χ1) is 65.0. The second kappa shape index (κ2) is 62.7. The first kappa shape index (κ1) is 111.